The number of benzene rings is 2. The highest BCUT2D eigenvalue weighted by Gasteiger charge is 2.28. The molecule has 6 nitrogen and oxygen atoms in total. The fraction of sp³-hybridized carbons (Fsp3) is 0.316. The average Bonchev–Trinajstić information content (AvgIpc) is 2.63. The summed E-state index contributed by atoms with van der Waals surface area (Å²) in [7, 11) is 0. The minimum atomic E-state index is -0.957. The SMILES string of the molecule is CCO[C@@H](CCO)[C@@H](OC(=O)Nc1ccccc1)c1ccc(O)c(F)c1. The Labute approximate surface area is 151 Å². The molecule has 0 saturated heterocycles. The van der Waals surface area contributed by atoms with E-state index in [1.165, 1.54) is 12.1 Å². The number of anilines is 1. The Balaban J connectivity index is 2.23. The summed E-state index contributed by atoms with van der Waals surface area (Å²) >= 11 is 0. The van der Waals surface area contributed by atoms with Crippen LogP contribution in [-0.2, 0) is 9.47 Å². The number of aromatic hydroxyl groups is 1. The van der Waals surface area contributed by atoms with E-state index in [4.69, 9.17) is 9.47 Å². The molecule has 0 aliphatic rings. The lowest BCUT2D eigenvalue weighted by Gasteiger charge is -2.27. The molecule has 140 valence electrons. The van der Waals surface area contributed by atoms with Gasteiger partial charge in [-0.3, -0.25) is 5.32 Å². The highest BCUT2D eigenvalue weighted by atomic mass is 19.1. The first kappa shape index (κ1) is 19.7. The second-order valence-electron chi connectivity index (χ2n) is 5.53. The zero-order valence-electron chi connectivity index (χ0n) is 14.4. The predicted molar refractivity (Wildman–Crippen MR) is 94.5 cm³/mol. The van der Waals surface area contributed by atoms with Gasteiger partial charge in [0, 0.05) is 25.3 Å². The van der Waals surface area contributed by atoms with Crippen molar-refractivity contribution in [2.24, 2.45) is 0 Å². The molecule has 2 rings (SSSR count). The van der Waals surface area contributed by atoms with E-state index in [1.807, 2.05) is 6.07 Å². The van der Waals surface area contributed by atoms with Crippen LogP contribution in [0.4, 0.5) is 14.9 Å². The van der Waals surface area contributed by atoms with Crippen LogP contribution in [0.1, 0.15) is 25.0 Å². The Bertz CT molecular complexity index is 704. The van der Waals surface area contributed by atoms with Gasteiger partial charge in [0.15, 0.2) is 17.7 Å². The molecule has 0 aliphatic heterocycles. The summed E-state index contributed by atoms with van der Waals surface area (Å²) in [5.41, 5.74) is 0.860. The summed E-state index contributed by atoms with van der Waals surface area (Å²) < 4.78 is 24.8. The number of aliphatic hydroxyl groups is 1. The Morgan fingerprint density at radius 2 is 1.96 bits per heavy atom. The zero-order chi connectivity index (χ0) is 18.9. The van der Waals surface area contributed by atoms with E-state index in [0.29, 0.717) is 17.9 Å². The molecule has 0 aromatic heterocycles. The first-order valence-corrected chi connectivity index (χ1v) is 8.28. The first-order valence-electron chi connectivity index (χ1n) is 8.28. The van der Waals surface area contributed by atoms with Crippen LogP contribution in [0.2, 0.25) is 0 Å². The smallest absolute Gasteiger partial charge is 0.412 e. The Hall–Kier alpha value is -2.64. The lowest BCUT2D eigenvalue weighted by atomic mass is 10.0. The van der Waals surface area contributed by atoms with E-state index < -0.39 is 29.9 Å². The second kappa shape index (κ2) is 9.74. The van der Waals surface area contributed by atoms with Crippen molar-refractivity contribution in [1.82, 2.24) is 0 Å². The number of hydrogen-bond donors (Lipinski definition) is 3. The molecular weight excluding hydrogens is 341 g/mol. The molecule has 1 amide bonds. The van der Waals surface area contributed by atoms with E-state index in [0.717, 1.165) is 6.07 Å². The van der Waals surface area contributed by atoms with Gasteiger partial charge in [-0.1, -0.05) is 24.3 Å². The molecule has 0 spiro atoms. The van der Waals surface area contributed by atoms with Gasteiger partial charge in [-0.2, -0.15) is 0 Å². The van der Waals surface area contributed by atoms with Crippen LogP contribution in [0.25, 0.3) is 0 Å². The molecule has 0 saturated carbocycles. The minimum absolute atomic E-state index is 0.189. The summed E-state index contributed by atoms with van der Waals surface area (Å²) in [4.78, 5) is 12.3. The summed E-state index contributed by atoms with van der Waals surface area (Å²) in [5, 5.41) is 21.2. The first-order chi connectivity index (χ1) is 12.5. The van der Waals surface area contributed by atoms with Crippen LogP contribution >= 0.6 is 0 Å². The fourth-order valence-corrected chi connectivity index (χ4v) is 2.51. The normalized spacial score (nSPS) is 13.0. The third-order valence-corrected chi connectivity index (χ3v) is 3.69. The van der Waals surface area contributed by atoms with E-state index in [1.54, 1.807) is 31.2 Å². The lowest BCUT2D eigenvalue weighted by molar-refractivity contribution is -0.0485. The highest BCUT2D eigenvalue weighted by Crippen LogP contribution is 2.29. The maximum absolute atomic E-state index is 13.8. The van der Waals surface area contributed by atoms with E-state index >= 15 is 0 Å². The molecule has 3 N–H and O–H groups in total. The average molecular weight is 363 g/mol. The lowest BCUT2D eigenvalue weighted by Crippen LogP contribution is -2.29. The number of nitrogens with one attached hydrogen (secondary N) is 1. The summed E-state index contributed by atoms with van der Waals surface area (Å²) in [5.74, 6) is -1.34. The monoisotopic (exact) mass is 363 g/mol. The highest BCUT2D eigenvalue weighted by molar-refractivity contribution is 5.84. The van der Waals surface area contributed by atoms with Crippen molar-refractivity contribution in [1.29, 1.82) is 0 Å². The van der Waals surface area contributed by atoms with Crippen molar-refractivity contribution >= 4 is 11.8 Å². The van der Waals surface area contributed by atoms with Gasteiger partial charge in [-0.15, -0.1) is 0 Å². The van der Waals surface area contributed by atoms with Gasteiger partial charge in [0.25, 0.3) is 0 Å². The third-order valence-electron chi connectivity index (χ3n) is 3.69. The number of amides is 1. The number of carbonyl (C=O) groups is 1. The topological polar surface area (TPSA) is 88.0 Å². The molecule has 2 aromatic rings. The molecule has 2 aromatic carbocycles. The van der Waals surface area contributed by atoms with Crippen molar-refractivity contribution in [3.05, 3.63) is 59.9 Å². The molecule has 0 heterocycles. The quantitative estimate of drug-likeness (QED) is 0.667. The molecule has 0 radical (unpaired) electrons. The largest absolute Gasteiger partial charge is 0.505 e. The summed E-state index contributed by atoms with van der Waals surface area (Å²) in [6.45, 7) is 1.90. The van der Waals surface area contributed by atoms with Crippen LogP contribution in [0, 0.1) is 5.82 Å². The van der Waals surface area contributed by atoms with Crippen LogP contribution in [0.15, 0.2) is 48.5 Å². The van der Waals surface area contributed by atoms with E-state index in [2.05, 4.69) is 5.32 Å². The number of ether oxygens (including phenoxy) is 2. The fourth-order valence-electron chi connectivity index (χ4n) is 2.51. The van der Waals surface area contributed by atoms with Crippen LogP contribution in [-0.4, -0.2) is 35.6 Å². The van der Waals surface area contributed by atoms with Gasteiger partial charge in [0.1, 0.15) is 6.10 Å². The maximum atomic E-state index is 13.8. The molecule has 0 aliphatic carbocycles. The van der Waals surface area contributed by atoms with Crippen molar-refractivity contribution in [2.75, 3.05) is 18.5 Å². The number of para-hydroxylation sites is 1. The number of rotatable bonds is 8. The number of halogens is 1. The third kappa shape index (κ3) is 5.44. The van der Waals surface area contributed by atoms with Gasteiger partial charge >= 0.3 is 6.09 Å². The van der Waals surface area contributed by atoms with Gasteiger partial charge in [-0.05, 0) is 36.8 Å². The van der Waals surface area contributed by atoms with Crippen LogP contribution in [0.5, 0.6) is 5.75 Å². The predicted octanol–water partition coefficient (Wildman–Crippen LogP) is 3.61. The second-order valence-corrected chi connectivity index (χ2v) is 5.53. The van der Waals surface area contributed by atoms with Crippen LogP contribution < -0.4 is 5.32 Å². The molecule has 7 heteroatoms. The number of phenolic OH excluding ortho intramolecular Hbond substituents is 1. The van der Waals surface area contributed by atoms with Gasteiger partial charge in [0.05, 0.1) is 0 Å². The van der Waals surface area contributed by atoms with Crippen molar-refractivity contribution < 1.29 is 28.9 Å². The number of carbonyl (C=O) groups excluding carboxylic acids is 1. The molecule has 26 heavy (non-hydrogen) atoms. The number of aliphatic hydroxyl groups excluding tert-OH is 1. The molecule has 0 fully saturated rings. The van der Waals surface area contributed by atoms with E-state index in [-0.39, 0.29) is 13.0 Å². The number of phenols is 1. The van der Waals surface area contributed by atoms with Crippen LogP contribution in [0.3, 0.4) is 0 Å². The van der Waals surface area contributed by atoms with Crippen molar-refractivity contribution in [3.8, 4) is 5.75 Å². The standard InChI is InChI=1S/C19H22FNO5/c1-2-25-17(10-11-22)18(13-8-9-16(23)15(20)12-13)26-19(24)21-14-6-4-3-5-7-14/h3-9,12,17-18,22-23H,2,10-11H2,1H3,(H,21,24)/t17-,18-/m0/s1. The molecule has 0 unspecified atom stereocenters. The molecule has 0 bridgehead atoms. The van der Waals surface area contributed by atoms with Crippen molar-refractivity contribution in [2.45, 2.75) is 25.6 Å². The molecule has 2 atom stereocenters. The Kier molecular flexibility index (Phi) is 7.37. The van der Waals surface area contributed by atoms with Crippen molar-refractivity contribution in [3.63, 3.8) is 0 Å². The summed E-state index contributed by atoms with van der Waals surface area (Å²) in [6, 6.07) is 12.4. The molecular formula is C19H22FNO5. The zero-order valence-corrected chi connectivity index (χ0v) is 14.4. The Morgan fingerprint density at radius 3 is 2.58 bits per heavy atom. The summed E-state index contributed by atoms with van der Waals surface area (Å²) in [6.07, 6.45) is -2.17. The Morgan fingerprint density at radius 1 is 1.23 bits per heavy atom. The minimum Gasteiger partial charge on any atom is -0.505 e. The van der Waals surface area contributed by atoms with E-state index in [9.17, 15) is 19.4 Å². The number of hydrogen-bond acceptors (Lipinski definition) is 5. The van der Waals surface area contributed by atoms with Gasteiger partial charge < -0.3 is 19.7 Å². The van der Waals surface area contributed by atoms with Gasteiger partial charge in [-0.25, -0.2) is 9.18 Å². The maximum Gasteiger partial charge on any atom is 0.412 e. The van der Waals surface area contributed by atoms with Gasteiger partial charge in [0.2, 0.25) is 0 Å².